The zero-order valence-electron chi connectivity index (χ0n) is 7.81. The van der Waals surface area contributed by atoms with E-state index in [1.54, 1.807) is 0 Å². The molecular weight excluding hydrogens is 219 g/mol. The highest BCUT2D eigenvalue weighted by Gasteiger charge is 2.55. The maximum Gasteiger partial charge on any atom is 0.190 e. The highest BCUT2D eigenvalue weighted by Crippen LogP contribution is 2.44. The van der Waals surface area contributed by atoms with Crippen LogP contribution in [0.3, 0.4) is 0 Å². The summed E-state index contributed by atoms with van der Waals surface area (Å²) in [5.41, 5.74) is 0. The largest absolute Gasteiger partial charge is 0.302 e. The van der Waals surface area contributed by atoms with Crippen molar-refractivity contribution in [2.24, 2.45) is 0 Å². The molecule has 0 bridgehead atoms. The predicted molar refractivity (Wildman–Crippen MR) is 51.6 cm³/mol. The van der Waals surface area contributed by atoms with E-state index < -0.39 is 20.4 Å². The average molecular weight is 228 g/mol. The number of halogens is 1. The molecule has 0 radical (unpaired) electrons. The van der Waals surface area contributed by atoms with E-state index in [0.717, 1.165) is 12.1 Å². The van der Waals surface area contributed by atoms with E-state index in [4.69, 9.17) is 0 Å². The van der Waals surface area contributed by atoms with E-state index in [0.29, 0.717) is 19.1 Å². The third kappa shape index (κ3) is 1.47. The molecular formula is C10H9FO3S. The lowest BCUT2D eigenvalue weighted by atomic mass is 10.3. The third-order valence-corrected chi connectivity index (χ3v) is 5.08. The molecule has 1 aromatic rings. The number of rotatable bonds is 3. The van der Waals surface area contributed by atoms with Crippen molar-refractivity contribution in [3.8, 4) is 0 Å². The van der Waals surface area contributed by atoms with Gasteiger partial charge in [-0.05, 0) is 37.1 Å². The number of carbonyl (C=O) groups is 1. The second kappa shape index (κ2) is 3.13. The summed E-state index contributed by atoms with van der Waals surface area (Å²) in [6.45, 7) is 0. The molecule has 0 aliphatic heterocycles. The Labute approximate surface area is 86.8 Å². The van der Waals surface area contributed by atoms with Crippen molar-refractivity contribution < 1.29 is 17.6 Å². The molecule has 0 aromatic heterocycles. The van der Waals surface area contributed by atoms with E-state index >= 15 is 0 Å². The molecule has 0 spiro atoms. The van der Waals surface area contributed by atoms with Crippen LogP contribution in [-0.4, -0.2) is 19.5 Å². The van der Waals surface area contributed by atoms with Crippen LogP contribution in [0.2, 0.25) is 0 Å². The SMILES string of the molecule is O=CC1(S(=O)(=O)c2ccc(F)cc2)CC1. The highest BCUT2D eigenvalue weighted by atomic mass is 32.2. The van der Waals surface area contributed by atoms with Gasteiger partial charge in [-0.25, -0.2) is 12.8 Å². The van der Waals surface area contributed by atoms with Crippen LogP contribution < -0.4 is 0 Å². The summed E-state index contributed by atoms with van der Waals surface area (Å²) >= 11 is 0. The fourth-order valence-electron chi connectivity index (χ4n) is 1.42. The minimum Gasteiger partial charge on any atom is -0.302 e. The summed E-state index contributed by atoms with van der Waals surface area (Å²) in [4.78, 5) is 10.7. The predicted octanol–water partition coefficient (Wildman–Crippen LogP) is 1.33. The van der Waals surface area contributed by atoms with Crippen molar-refractivity contribution in [3.63, 3.8) is 0 Å². The first kappa shape index (κ1) is 10.3. The summed E-state index contributed by atoms with van der Waals surface area (Å²) in [5.74, 6) is -0.495. The Hall–Kier alpha value is -1.23. The van der Waals surface area contributed by atoms with E-state index in [-0.39, 0.29) is 4.90 Å². The van der Waals surface area contributed by atoms with Crippen LogP contribution in [0, 0.1) is 5.82 Å². The Morgan fingerprint density at radius 1 is 1.20 bits per heavy atom. The van der Waals surface area contributed by atoms with Crippen LogP contribution in [0.15, 0.2) is 29.2 Å². The Morgan fingerprint density at radius 2 is 1.73 bits per heavy atom. The number of benzene rings is 1. The van der Waals surface area contributed by atoms with Gasteiger partial charge >= 0.3 is 0 Å². The third-order valence-electron chi connectivity index (χ3n) is 2.62. The maximum atomic E-state index is 12.6. The summed E-state index contributed by atoms with van der Waals surface area (Å²) in [6, 6.07) is 4.53. The first-order valence-corrected chi connectivity index (χ1v) is 5.97. The Morgan fingerprint density at radius 3 is 2.13 bits per heavy atom. The smallest absolute Gasteiger partial charge is 0.190 e. The lowest BCUT2D eigenvalue weighted by molar-refractivity contribution is -0.108. The molecule has 1 aliphatic rings. The highest BCUT2D eigenvalue weighted by molar-refractivity contribution is 7.93. The molecule has 0 amide bonds. The van der Waals surface area contributed by atoms with Gasteiger partial charge in [0.05, 0.1) is 4.90 Å². The molecule has 15 heavy (non-hydrogen) atoms. The second-order valence-electron chi connectivity index (χ2n) is 3.64. The number of carbonyl (C=O) groups excluding carboxylic acids is 1. The van der Waals surface area contributed by atoms with Gasteiger partial charge in [-0.1, -0.05) is 0 Å². The van der Waals surface area contributed by atoms with Gasteiger partial charge in [0.1, 0.15) is 16.9 Å². The molecule has 0 atom stereocenters. The van der Waals surface area contributed by atoms with Crippen molar-refractivity contribution in [1.82, 2.24) is 0 Å². The van der Waals surface area contributed by atoms with Crippen molar-refractivity contribution in [3.05, 3.63) is 30.1 Å². The molecule has 1 aliphatic carbocycles. The summed E-state index contributed by atoms with van der Waals surface area (Å²) in [7, 11) is -3.63. The molecule has 0 heterocycles. The standard InChI is InChI=1S/C10H9FO3S/c11-8-1-3-9(4-2-8)15(13,14)10(7-12)5-6-10/h1-4,7H,5-6H2. The van der Waals surface area contributed by atoms with E-state index in [9.17, 15) is 17.6 Å². The van der Waals surface area contributed by atoms with Gasteiger partial charge in [-0.2, -0.15) is 0 Å². The van der Waals surface area contributed by atoms with Gasteiger partial charge in [0.2, 0.25) is 0 Å². The number of hydrogen-bond donors (Lipinski definition) is 0. The topological polar surface area (TPSA) is 51.2 Å². The van der Waals surface area contributed by atoms with Crippen LogP contribution in [-0.2, 0) is 14.6 Å². The maximum absolute atomic E-state index is 12.6. The van der Waals surface area contributed by atoms with Gasteiger partial charge in [0.15, 0.2) is 9.84 Å². The van der Waals surface area contributed by atoms with Crippen LogP contribution in [0.1, 0.15) is 12.8 Å². The Balaban J connectivity index is 2.47. The molecule has 5 heteroatoms. The van der Waals surface area contributed by atoms with E-state index in [2.05, 4.69) is 0 Å². The fourth-order valence-corrected chi connectivity index (χ4v) is 3.15. The molecule has 0 N–H and O–H groups in total. The molecule has 2 rings (SSSR count). The molecule has 0 saturated heterocycles. The van der Waals surface area contributed by atoms with E-state index in [1.165, 1.54) is 12.1 Å². The van der Waals surface area contributed by atoms with Crippen molar-refractivity contribution in [2.45, 2.75) is 22.5 Å². The summed E-state index contributed by atoms with van der Waals surface area (Å²) < 4.78 is 35.2. The Bertz CT molecular complexity index is 486. The lowest BCUT2D eigenvalue weighted by Gasteiger charge is -2.08. The molecule has 1 saturated carbocycles. The van der Waals surface area contributed by atoms with Gasteiger partial charge in [0, 0.05) is 0 Å². The average Bonchev–Trinajstić information content (AvgIpc) is 2.99. The molecule has 1 aromatic carbocycles. The fraction of sp³-hybridized carbons (Fsp3) is 0.300. The molecule has 3 nitrogen and oxygen atoms in total. The minimum absolute atomic E-state index is 0.00787. The number of sulfone groups is 1. The molecule has 1 fully saturated rings. The van der Waals surface area contributed by atoms with Gasteiger partial charge in [-0.3, -0.25) is 0 Å². The first-order chi connectivity index (χ1) is 7.02. The first-order valence-electron chi connectivity index (χ1n) is 4.48. The van der Waals surface area contributed by atoms with E-state index in [1.807, 2.05) is 0 Å². The zero-order valence-corrected chi connectivity index (χ0v) is 8.63. The normalized spacial score (nSPS) is 18.5. The zero-order chi connectivity index (χ0) is 11.1. The lowest BCUT2D eigenvalue weighted by Crippen LogP contribution is -2.24. The quantitative estimate of drug-likeness (QED) is 0.579. The monoisotopic (exact) mass is 228 g/mol. The number of hydrogen-bond acceptors (Lipinski definition) is 3. The molecule has 0 unspecified atom stereocenters. The van der Waals surface area contributed by atoms with Gasteiger partial charge in [-0.15, -0.1) is 0 Å². The van der Waals surface area contributed by atoms with Crippen LogP contribution in [0.5, 0.6) is 0 Å². The van der Waals surface area contributed by atoms with Crippen LogP contribution in [0.25, 0.3) is 0 Å². The summed E-state index contributed by atoms with van der Waals surface area (Å²) in [6.07, 6.45) is 1.19. The van der Waals surface area contributed by atoms with Crippen LogP contribution in [0.4, 0.5) is 4.39 Å². The van der Waals surface area contributed by atoms with Gasteiger partial charge in [0.25, 0.3) is 0 Å². The second-order valence-corrected chi connectivity index (χ2v) is 5.93. The van der Waals surface area contributed by atoms with Crippen molar-refractivity contribution in [2.75, 3.05) is 0 Å². The minimum atomic E-state index is -3.63. The van der Waals surface area contributed by atoms with Crippen molar-refractivity contribution in [1.29, 1.82) is 0 Å². The van der Waals surface area contributed by atoms with Gasteiger partial charge < -0.3 is 4.79 Å². The summed E-state index contributed by atoms with van der Waals surface area (Å²) in [5, 5.41) is 0. The Kier molecular flexibility index (Phi) is 2.15. The number of aldehydes is 1. The molecule has 80 valence electrons. The van der Waals surface area contributed by atoms with Crippen LogP contribution >= 0.6 is 0 Å². The van der Waals surface area contributed by atoms with Crippen molar-refractivity contribution >= 4 is 16.1 Å².